The molecule has 0 unspecified atom stereocenters. The van der Waals surface area contributed by atoms with Gasteiger partial charge in [-0.25, -0.2) is 0 Å². The molecular formula is C18H16F3NO3. The van der Waals surface area contributed by atoms with E-state index in [2.05, 4.69) is 5.32 Å². The molecule has 0 radical (unpaired) electrons. The van der Waals surface area contributed by atoms with Gasteiger partial charge in [-0.2, -0.15) is 13.2 Å². The third kappa shape index (κ3) is 4.76. The Morgan fingerprint density at radius 1 is 1.08 bits per heavy atom. The van der Waals surface area contributed by atoms with E-state index in [4.69, 9.17) is 9.47 Å². The number of rotatable bonds is 5. The van der Waals surface area contributed by atoms with Crippen molar-refractivity contribution >= 4 is 17.7 Å². The minimum Gasteiger partial charge on any atom is -0.497 e. The molecule has 1 amide bonds. The summed E-state index contributed by atoms with van der Waals surface area (Å²) in [6.07, 6.45) is -1.96. The molecule has 0 aliphatic rings. The molecule has 0 aromatic heterocycles. The van der Waals surface area contributed by atoms with Crippen LogP contribution in [0, 0.1) is 0 Å². The van der Waals surface area contributed by atoms with E-state index in [0.29, 0.717) is 17.1 Å². The average Bonchev–Trinajstić information content (AvgIpc) is 2.59. The van der Waals surface area contributed by atoms with Crippen molar-refractivity contribution in [1.29, 1.82) is 0 Å². The van der Waals surface area contributed by atoms with Gasteiger partial charge in [0.1, 0.15) is 11.5 Å². The first-order chi connectivity index (χ1) is 11.8. The fraction of sp³-hybridized carbons (Fsp3) is 0.167. The molecule has 0 heterocycles. The molecule has 132 valence electrons. The second-order valence-electron chi connectivity index (χ2n) is 4.97. The van der Waals surface area contributed by atoms with Crippen LogP contribution in [0.4, 0.5) is 18.9 Å². The van der Waals surface area contributed by atoms with Crippen molar-refractivity contribution in [2.24, 2.45) is 0 Å². The number of carbonyl (C=O) groups is 1. The highest BCUT2D eigenvalue weighted by molar-refractivity contribution is 6.02. The standard InChI is InChI=1S/C18H16F3NO3/c1-24-13-9-7-12(16(11-13)25-2)8-10-17(23)22-15-6-4-3-5-14(15)18(19,20)21/h3-11H,1-2H3,(H,22,23)/b10-8+. The summed E-state index contributed by atoms with van der Waals surface area (Å²) in [4.78, 5) is 12.0. The van der Waals surface area contributed by atoms with Crippen molar-refractivity contribution in [3.05, 3.63) is 59.7 Å². The van der Waals surface area contributed by atoms with E-state index in [-0.39, 0.29) is 5.69 Å². The van der Waals surface area contributed by atoms with Gasteiger partial charge in [0, 0.05) is 17.7 Å². The zero-order chi connectivity index (χ0) is 18.4. The number of ether oxygens (including phenoxy) is 2. The van der Waals surface area contributed by atoms with Gasteiger partial charge in [0.15, 0.2) is 0 Å². The molecule has 0 atom stereocenters. The summed E-state index contributed by atoms with van der Waals surface area (Å²) in [6, 6.07) is 9.77. The Labute approximate surface area is 142 Å². The number of para-hydroxylation sites is 1. The molecule has 2 aromatic rings. The first-order valence-corrected chi connectivity index (χ1v) is 7.22. The molecule has 1 N–H and O–H groups in total. The average molecular weight is 351 g/mol. The predicted octanol–water partition coefficient (Wildman–Crippen LogP) is 4.37. The van der Waals surface area contributed by atoms with E-state index >= 15 is 0 Å². The van der Waals surface area contributed by atoms with Crippen molar-refractivity contribution < 1.29 is 27.4 Å². The largest absolute Gasteiger partial charge is 0.497 e. The normalized spacial score (nSPS) is 11.4. The maximum Gasteiger partial charge on any atom is 0.418 e. The van der Waals surface area contributed by atoms with Crippen molar-refractivity contribution in [1.82, 2.24) is 0 Å². The molecule has 2 aromatic carbocycles. The smallest absolute Gasteiger partial charge is 0.418 e. The van der Waals surface area contributed by atoms with Crippen molar-refractivity contribution in [3.8, 4) is 11.5 Å². The third-order valence-corrected chi connectivity index (χ3v) is 3.35. The van der Waals surface area contributed by atoms with Crippen LogP contribution in [0.1, 0.15) is 11.1 Å². The Balaban J connectivity index is 2.18. The van der Waals surface area contributed by atoms with Gasteiger partial charge >= 0.3 is 6.18 Å². The Morgan fingerprint density at radius 2 is 1.80 bits per heavy atom. The predicted molar refractivity (Wildman–Crippen MR) is 88.7 cm³/mol. The van der Waals surface area contributed by atoms with E-state index in [1.54, 1.807) is 18.2 Å². The lowest BCUT2D eigenvalue weighted by Crippen LogP contribution is -2.14. The molecule has 0 spiro atoms. The van der Waals surface area contributed by atoms with Gasteiger partial charge in [-0.1, -0.05) is 12.1 Å². The number of anilines is 1. The lowest BCUT2D eigenvalue weighted by atomic mass is 10.1. The van der Waals surface area contributed by atoms with Crippen LogP contribution in [0.2, 0.25) is 0 Å². The summed E-state index contributed by atoms with van der Waals surface area (Å²) in [7, 11) is 2.97. The van der Waals surface area contributed by atoms with Gasteiger partial charge in [-0.3, -0.25) is 4.79 Å². The molecule has 0 aliphatic carbocycles. The van der Waals surface area contributed by atoms with Gasteiger partial charge in [0.05, 0.1) is 25.5 Å². The number of alkyl halides is 3. The Hall–Kier alpha value is -2.96. The van der Waals surface area contributed by atoms with Crippen molar-refractivity contribution in [2.45, 2.75) is 6.18 Å². The number of hydrogen-bond donors (Lipinski definition) is 1. The Bertz CT molecular complexity index is 785. The maximum atomic E-state index is 12.9. The third-order valence-electron chi connectivity index (χ3n) is 3.35. The lowest BCUT2D eigenvalue weighted by molar-refractivity contribution is -0.136. The number of benzene rings is 2. The van der Waals surface area contributed by atoms with Crippen LogP contribution in [0.25, 0.3) is 6.08 Å². The summed E-state index contributed by atoms with van der Waals surface area (Å²) < 4.78 is 49.0. The summed E-state index contributed by atoms with van der Waals surface area (Å²) in [6.45, 7) is 0. The topological polar surface area (TPSA) is 47.6 Å². The van der Waals surface area contributed by atoms with Crippen LogP contribution in [0.3, 0.4) is 0 Å². The van der Waals surface area contributed by atoms with Crippen LogP contribution in [0.15, 0.2) is 48.5 Å². The van der Waals surface area contributed by atoms with Crippen LogP contribution >= 0.6 is 0 Å². The molecule has 7 heteroatoms. The number of carbonyl (C=O) groups excluding carboxylic acids is 1. The summed E-state index contributed by atoms with van der Waals surface area (Å²) in [5.74, 6) is 0.367. The summed E-state index contributed by atoms with van der Waals surface area (Å²) in [5, 5.41) is 2.24. The molecular weight excluding hydrogens is 335 g/mol. The lowest BCUT2D eigenvalue weighted by Gasteiger charge is -2.12. The fourth-order valence-electron chi connectivity index (χ4n) is 2.14. The number of halogens is 3. The van der Waals surface area contributed by atoms with Crippen molar-refractivity contribution in [2.75, 3.05) is 19.5 Å². The molecule has 25 heavy (non-hydrogen) atoms. The maximum absolute atomic E-state index is 12.9. The Kier molecular flexibility index (Phi) is 5.69. The van der Waals surface area contributed by atoms with E-state index in [0.717, 1.165) is 12.1 Å². The van der Waals surface area contributed by atoms with Crippen LogP contribution in [-0.2, 0) is 11.0 Å². The number of hydrogen-bond acceptors (Lipinski definition) is 3. The molecule has 0 fully saturated rings. The van der Waals surface area contributed by atoms with E-state index in [1.807, 2.05) is 0 Å². The first-order valence-electron chi connectivity index (χ1n) is 7.22. The monoisotopic (exact) mass is 351 g/mol. The van der Waals surface area contributed by atoms with E-state index in [9.17, 15) is 18.0 Å². The zero-order valence-electron chi connectivity index (χ0n) is 13.6. The molecule has 0 saturated heterocycles. The second-order valence-corrected chi connectivity index (χ2v) is 4.97. The molecule has 0 aliphatic heterocycles. The van der Waals surface area contributed by atoms with Gasteiger partial charge in [0.2, 0.25) is 5.91 Å². The SMILES string of the molecule is COc1ccc(/C=C/C(=O)Nc2ccccc2C(F)(F)F)c(OC)c1. The minimum absolute atomic E-state index is 0.300. The molecule has 2 rings (SSSR count). The van der Waals surface area contributed by atoms with Gasteiger partial charge in [0.25, 0.3) is 0 Å². The van der Waals surface area contributed by atoms with Gasteiger partial charge < -0.3 is 14.8 Å². The zero-order valence-corrected chi connectivity index (χ0v) is 13.6. The fourth-order valence-corrected chi connectivity index (χ4v) is 2.14. The first kappa shape index (κ1) is 18.4. The highest BCUT2D eigenvalue weighted by Gasteiger charge is 2.33. The quantitative estimate of drug-likeness (QED) is 0.814. The number of amides is 1. The minimum atomic E-state index is -4.55. The van der Waals surface area contributed by atoms with Gasteiger partial charge in [-0.05, 0) is 30.3 Å². The van der Waals surface area contributed by atoms with E-state index in [1.165, 1.54) is 38.5 Å². The van der Waals surface area contributed by atoms with Gasteiger partial charge in [-0.15, -0.1) is 0 Å². The highest BCUT2D eigenvalue weighted by atomic mass is 19.4. The molecule has 4 nitrogen and oxygen atoms in total. The number of methoxy groups -OCH3 is 2. The molecule has 0 saturated carbocycles. The molecule has 0 bridgehead atoms. The van der Waals surface area contributed by atoms with Crippen LogP contribution in [-0.4, -0.2) is 20.1 Å². The highest BCUT2D eigenvalue weighted by Crippen LogP contribution is 2.34. The second kappa shape index (κ2) is 7.74. The van der Waals surface area contributed by atoms with Crippen LogP contribution in [0.5, 0.6) is 11.5 Å². The number of nitrogens with one attached hydrogen (secondary N) is 1. The van der Waals surface area contributed by atoms with E-state index < -0.39 is 17.6 Å². The Morgan fingerprint density at radius 3 is 2.44 bits per heavy atom. The van der Waals surface area contributed by atoms with Crippen molar-refractivity contribution in [3.63, 3.8) is 0 Å². The summed E-state index contributed by atoms with van der Waals surface area (Å²) >= 11 is 0. The summed E-state index contributed by atoms with van der Waals surface area (Å²) in [5.41, 5.74) is -0.618. The van der Waals surface area contributed by atoms with Crippen LogP contribution < -0.4 is 14.8 Å².